The van der Waals surface area contributed by atoms with Gasteiger partial charge in [0.25, 0.3) is 5.89 Å². The Bertz CT molecular complexity index is 1300. The smallest absolute Gasteiger partial charge is 0.257 e. The third-order valence-corrected chi connectivity index (χ3v) is 6.23. The summed E-state index contributed by atoms with van der Waals surface area (Å²) in [6, 6.07) is 10.5. The monoisotopic (exact) mass is 447 g/mol. The van der Waals surface area contributed by atoms with Crippen LogP contribution in [0, 0.1) is 5.82 Å². The van der Waals surface area contributed by atoms with Crippen LogP contribution in [0.25, 0.3) is 22.5 Å². The molecule has 0 radical (unpaired) electrons. The highest BCUT2D eigenvalue weighted by Gasteiger charge is 2.16. The number of nitrogens with zero attached hydrogens (tertiary/aromatic N) is 4. The minimum Gasteiger partial charge on any atom is -0.334 e. The van der Waals surface area contributed by atoms with Crippen LogP contribution in [0.15, 0.2) is 57.0 Å². The van der Waals surface area contributed by atoms with Crippen molar-refractivity contribution < 1.29 is 17.3 Å². The van der Waals surface area contributed by atoms with Gasteiger partial charge in [0.05, 0.1) is 21.7 Å². The summed E-state index contributed by atoms with van der Waals surface area (Å²) in [4.78, 5) is 8.94. The van der Waals surface area contributed by atoms with Crippen molar-refractivity contribution in [1.82, 2.24) is 19.7 Å². The van der Waals surface area contributed by atoms with Crippen molar-refractivity contribution in [2.45, 2.75) is 35.7 Å². The molecule has 0 amide bonds. The standard InChI is InChI=1S/C19H18FN5O3S2/c1-2-9-25-16-8-7-14(30(21,26)27)10-15(16)22-19(25)29-11-17-23-18(28-24-17)12-3-5-13(20)6-4-12/h3-8,10H,2,9,11H2,1H3,(H2,21,26,27). The van der Waals surface area contributed by atoms with Crippen molar-refractivity contribution in [1.29, 1.82) is 0 Å². The maximum atomic E-state index is 13.1. The number of imidazole rings is 1. The number of primary sulfonamides is 1. The van der Waals surface area contributed by atoms with Gasteiger partial charge in [-0.05, 0) is 48.9 Å². The van der Waals surface area contributed by atoms with Gasteiger partial charge in [-0.2, -0.15) is 4.98 Å². The summed E-state index contributed by atoms with van der Waals surface area (Å²) >= 11 is 1.42. The quantitative estimate of drug-likeness (QED) is 0.430. The summed E-state index contributed by atoms with van der Waals surface area (Å²) in [5.74, 6) is 0.847. The molecule has 2 aromatic carbocycles. The third kappa shape index (κ3) is 4.23. The van der Waals surface area contributed by atoms with Crippen LogP contribution >= 0.6 is 11.8 Å². The van der Waals surface area contributed by atoms with E-state index in [9.17, 15) is 12.8 Å². The van der Waals surface area contributed by atoms with Gasteiger partial charge >= 0.3 is 0 Å². The summed E-state index contributed by atoms with van der Waals surface area (Å²) in [5.41, 5.74) is 2.01. The molecule has 4 aromatic rings. The van der Waals surface area contributed by atoms with Gasteiger partial charge in [0.15, 0.2) is 11.0 Å². The molecule has 0 saturated heterocycles. The topological polar surface area (TPSA) is 117 Å². The first-order valence-corrected chi connectivity index (χ1v) is 11.6. The Labute approximate surface area is 176 Å². The Morgan fingerprint density at radius 1 is 1.17 bits per heavy atom. The number of aryl methyl sites for hydroxylation is 1. The number of hydrogen-bond acceptors (Lipinski definition) is 7. The molecular formula is C19H18FN5O3S2. The Morgan fingerprint density at radius 3 is 2.63 bits per heavy atom. The number of sulfonamides is 1. The lowest BCUT2D eigenvalue weighted by Crippen LogP contribution is -2.11. The second-order valence-corrected chi connectivity index (χ2v) is 9.06. The van der Waals surface area contributed by atoms with Crippen LogP contribution in [0.4, 0.5) is 4.39 Å². The zero-order valence-electron chi connectivity index (χ0n) is 15.9. The normalized spacial score (nSPS) is 12.0. The highest BCUT2D eigenvalue weighted by atomic mass is 32.2. The molecule has 0 spiro atoms. The molecule has 30 heavy (non-hydrogen) atoms. The lowest BCUT2D eigenvalue weighted by molar-refractivity contribution is 0.425. The first-order chi connectivity index (χ1) is 14.3. The average Bonchev–Trinajstić information content (AvgIpc) is 3.31. The Morgan fingerprint density at radius 2 is 1.93 bits per heavy atom. The van der Waals surface area contributed by atoms with Crippen LogP contribution in [0.2, 0.25) is 0 Å². The van der Waals surface area contributed by atoms with Crippen molar-refractivity contribution in [2.75, 3.05) is 0 Å². The second-order valence-electron chi connectivity index (χ2n) is 6.55. The maximum Gasteiger partial charge on any atom is 0.257 e. The molecule has 0 bridgehead atoms. The second kappa shape index (κ2) is 8.17. The average molecular weight is 448 g/mol. The molecule has 0 aliphatic rings. The van der Waals surface area contributed by atoms with Crippen LogP contribution in [0.5, 0.6) is 0 Å². The number of hydrogen-bond donors (Lipinski definition) is 1. The van der Waals surface area contributed by atoms with Gasteiger partial charge < -0.3 is 9.09 Å². The molecule has 11 heteroatoms. The lowest BCUT2D eigenvalue weighted by Gasteiger charge is -2.06. The number of aromatic nitrogens is 4. The van der Waals surface area contributed by atoms with E-state index in [0.717, 1.165) is 18.5 Å². The Kier molecular flexibility index (Phi) is 5.58. The number of fused-ring (bicyclic) bond motifs is 1. The van der Waals surface area contributed by atoms with Gasteiger partial charge in [-0.15, -0.1) is 0 Å². The summed E-state index contributed by atoms with van der Waals surface area (Å²) in [6.45, 7) is 2.77. The Hall–Kier alpha value is -2.76. The van der Waals surface area contributed by atoms with Crippen molar-refractivity contribution >= 4 is 32.8 Å². The molecule has 0 saturated carbocycles. The van der Waals surface area contributed by atoms with E-state index in [2.05, 4.69) is 15.1 Å². The molecule has 4 rings (SSSR count). The molecule has 0 fully saturated rings. The molecule has 2 aromatic heterocycles. The SMILES string of the molecule is CCCn1c(SCc2noc(-c3ccc(F)cc3)n2)nc2cc(S(N)(=O)=O)ccc21. The van der Waals surface area contributed by atoms with E-state index >= 15 is 0 Å². The molecular weight excluding hydrogens is 429 g/mol. The predicted octanol–water partition coefficient (Wildman–Crippen LogP) is 3.58. The van der Waals surface area contributed by atoms with Gasteiger partial charge in [-0.3, -0.25) is 0 Å². The fourth-order valence-corrected chi connectivity index (χ4v) is 4.38. The molecule has 0 aliphatic heterocycles. The summed E-state index contributed by atoms with van der Waals surface area (Å²) in [5, 5.41) is 9.92. The van der Waals surface area contributed by atoms with Crippen LogP contribution in [0.1, 0.15) is 19.2 Å². The van der Waals surface area contributed by atoms with Crippen molar-refractivity contribution in [2.24, 2.45) is 5.14 Å². The van der Waals surface area contributed by atoms with E-state index in [1.807, 2.05) is 11.5 Å². The van der Waals surface area contributed by atoms with Crippen molar-refractivity contribution in [3.8, 4) is 11.5 Å². The molecule has 2 heterocycles. The fourth-order valence-electron chi connectivity index (χ4n) is 2.97. The van der Waals surface area contributed by atoms with Gasteiger partial charge in [0.2, 0.25) is 10.0 Å². The molecule has 156 valence electrons. The number of benzene rings is 2. The zero-order chi connectivity index (χ0) is 21.3. The lowest BCUT2D eigenvalue weighted by atomic mass is 10.2. The highest BCUT2D eigenvalue weighted by molar-refractivity contribution is 7.98. The minimum absolute atomic E-state index is 0.0230. The summed E-state index contributed by atoms with van der Waals surface area (Å²) < 4.78 is 43.6. The zero-order valence-corrected chi connectivity index (χ0v) is 17.6. The van der Waals surface area contributed by atoms with Gasteiger partial charge in [0, 0.05) is 12.1 Å². The number of nitrogens with two attached hydrogens (primary N) is 1. The molecule has 0 atom stereocenters. The largest absolute Gasteiger partial charge is 0.334 e. The summed E-state index contributed by atoms with van der Waals surface area (Å²) in [7, 11) is -3.80. The van der Waals surface area contributed by atoms with Crippen molar-refractivity contribution in [3.05, 3.63) is 54.1 Å². The van der Waals surface area contributed by atoms with Gasteiger partial charge in [0.1, 0.15) is 5.82 Å². The van der Waals surface area contributed by atoms with E-state index in [1.165, 1.54) is 36.0 Å². The third-order valence-electron chi connectivity index (χ3n) is 4.35. The number of thioether (sulfide) groups is 1. The molecule has 8 nitrogen and oxygen atoms in total. The predicted molar refractivity (Wildman–Crippen MR) is 111 cm³/mol. The molecule has 0 unspecified atom stereocenters. The van der Waals surface area contributed by atoms with Crippen LogP contribution in [-0.2, 0) is 22.3 Å². The number of rotatable bonds is 7. The molecule has 2 N–H and O–H groups in total. The van der Waals surface area contributed by atoms with Gasteiger partial charge in [-0.25, -0.2) is 22.9 Å². The van der Waals surface area contributed by atoms with Crippen LogP contribution in [-0.4, -0.2) is 28.1 Å². The molecule has 0 aliphatic carbocycles. The van der Waals surface area contributed by atoms with E-state index < -0.39 is 10.0 Å². The first kappa shape index (κ1) is 20.5. The van der Waals surface area contributed by atoms with Gasteiger partial charge in [-0.1, -0.05) is 23.8 Å². The highest BCUT2D eigenvalue weighted by Crippen LogP contribution is 2.28. The minimum atomic E-state index is -3.80. The van der Waals surface area contributed by atoms with Crippen molar-refractivity contribution in [3.63, 3.8) is 0 Å². The van der Waals surface area contributed by atoms with Crippen LogP contribution in [0.3, 0.4) is 0 Å². The summed E-state index contributed by atoms with van der Waals surface area (Å²) in [6.07, 6.45) is 0.882. The van der Waals surface area contributed by atoms with E-state index in [4.69, 9.17) is 9.66 Å². The first-order valence-electron chi connectivity index (χ1n) is 9.09. The van der Waals surface area contributed by atoms with E-state index in [1.54, 1.807) is 18.2 Å². The fraction of sp³-hybridized carbons (Fsp3) is 0.211. The van der Waals surface area contributed by atoms with E-state index in [-0.39, 0.29) is 10.7 Å². The maximum absolute atomic E-state index is 13.1. The number of halogens is 1. The van der Waals surface area contributed by atoms with E-state index in [0.29, 0.717) is 33.7 Å². The Balaban J connectivity index is 1.59. The van der Waals surface area contributed by atoms with Crippen LogP contribution < -0.4 is 5.14 Å².